The number of hydrogen-bond donors (Lipinski definition) is 0. The van der Waals surface area contributed by atoms with Crippen LogP contribution in [-0.4, -0.2) is 139 Å². The van der Waals surface area contributed by atoms with E-state index < -0.39 is 41.8 Å². The van der Waals surface area contributed by atoms with E-state index in [1.54, 1.807) is 113 Å². The minimum atomic E-state index is -1.32. The molecular weight excluding hydrogens is 1080 g/mol. The molecule has 4 aromatic carbocycles. The van der Waals surface area contributed by atoms with Gasteiger partial charge in [0.1, 0.15) is 24.7 Å². The van der Waals surface area contributed by atoms with Crippen LogP contribution in [0.3, 0.4) is 0 Å². The summed E-state index contributed by atoms with van der Waals surface area (Å²) in [7, 11) is 0. The lowest BCUT2D eigenvalue weighted by Gasteiger charge is -2.26. The predicted molar refractivity (Wildman–Crippen MR) is 318 cm³/mol. The van der Waals surface area contributed by atoms with Gasteiger partial charge in [-0.15, -0.1) is 0 Å². The van der Waals surface area contributed by atoms with Crippen LogP contribution in [0.2, 0.25) is 10.0 Å². The standard InChI is InChI=1S/C65H72Cl2N4O11/c1-43(2)63(61(74)55-39-51(66)17-11-47(55)9-7-23-70-41-45(5)37-57(70)59(72)49-13-19-53(20-14-49)79-35-29-68-25-31-77-32-26-68)81-65(76)82-64(44(3)4)62(75)56-40-52(67)18-12-48(56)10-8-24-71-42-46(6)38-58(71)60(73)50-15-21-54(22-16-50)80-36-30-69-27-33-78-34-28-69/h7-22,37-44,63-64H,23-36H2,1-6H3/b9-7+,10-8+. The number of morpholine rings is 2. The Labute approximate surface area is 490 Å². The van der Waals surface area contributed by atoms with Gasteiger partial charge < -0.3 is 37.6 Å². The molecule has 2 aliphatic heterocycles. The number of aromatic nitrogens is 2. The van der Waals surface area contributed by atoms with Crippen molar-refractivity contribution >= 4 is 64.6 Å². The molecule has 15 nitrogen and oxygen atoms in total. The maximum Gasteiger partial charge on any atom is 0.509 e. The number of carbonyl (C=O) groups excluding carboxylic acids is 5. The van der Waals surface area contributed by atoms with Crippen molar-refractivity contribution in [2.75, 3.05) is 78.9 Å². The van der Waals surface area contributed by atoms with Crippen molar-refractivity contribution in [1.82, 2.24) is 18.9 Å². The van der Waals surface area contributed by atoms with Gasteiger partial charge in [-0.25, -0.2) is 4.79 Å². The zero-order valence-electron chi connectivity index (χ0n) is 47.4. The molecule has 2 aliphatic rings. The Morgan fingerprint density at radius 1 is 0.537 bits per heavy atom. The number of aryl methyl sites for hydroxylation is 2. The van der Waals surface area contributed by atoms with E-state index in [1.807, 2.05) is 59.7 Å². The summed E-state index contributed by atoms with van der Waals surface area (Å²) >= 11 is 13.0. The number of carbonyl (C=O) groups is 5. The fraction of sp³-hybridized carbons (Fsp3) is 0.369. The van der Waals surface area contributed by atoms with Gasteiger partial charge in [0.05, 0.1) is 37.8 Å². The van der Waals surface area contributed by atoms with Crippen molar-refractivity contribution in [3.05, 3.63) is 188 Å². The molecule has 2 atom stereocenters. The summed E-state index contributed by atoms with van der Waals surface area (Å²) in [6, 6.07) is 27.7. The smallest absolute Gasteiger partial charge is 0.492 e. The van der Waals surface area contributed by atoms with Crippen LogP contribution in [0, 0.1) is 25.7 Å². The second kappa shape index (κ2) is 29.2. The first-order valence-corrected chi connectivity index (χ1v) is 28.6. The predicted octanol–water partition coefficient (Wildman–Crippen LogP) is 11.8. The number of rotatable bonds is 26. The Hall–Kier alpha value is -7.11. The van der Waals surface area contributed by atoms with E-state index in [0.29, 0.717) is 81.5 Å². The molecule has 82 heavy (non-hydrogen) atoms. The molecule has 4 heterocycles. The number of nitrogens with zero attached hydrogens (tertiary/aromatic N) is 4. The molecule has 0 spiro atoms. The van der Waals surface area contributed by atoms with Gasteiger partial charge >= 0.3 is 6.16 Å². The summed E-state index contributed by atoms with van der Waals surface area (Å²) in [5.41, 5.74) is 5.26. The van der Waals surface area contributed by atoms with Crippen LogP contribution in [0.4, 0.5) is 4.79 Å². The molecule has 0 radical (unpaired) electrons. The largest absolute Gasteiger partial charge is 0.509 e. The van der Waals surface area contributed by atoms with Crippen LogP contribution in [0.15, 0.2) is 122 Å². The molecule has 0 saturated carbocycles. The topological polar surface area (TPSA) is 157 Å². The Morgan fingerprint density at radius 3 is 1.28 bits per heavy atom. The zero-order valence-corrected chi connectivity index (χ0v) is 49.0. The molecule has 6 aromatic rings. The third-order valence-corrected chi connectivity index (χ3v) is 14.7. The highest BCUT2D eigenvalue weighted by Crippen LogP contribution is 2.27. The number of allylic oxidation sites excluding steroid dienone is 2. The highest BCUT2D eigenvalue weighted by Gasteiger charge is 2.34. The van der Waals surface area contributed by atoms with Crippen molar-refractivity contribution in [3.8, 4) is 11.5 Å². The van der Waals surface area contributed by atoms with Crippen LogP contribution in [0.25, 0.3) is 12.2 Å². The third kappa shape index (κ3) is 16.5. The minimum Gasteiger partial charge on any atom is -0.492 e. The number of Topliss-reactive ketones (excluding diaryl/α,β-unsaturated/α-hetero) is 2. The molecule has 0 bridgehead atoms. The Balaban J connectivity index is 0.891. The summed E-state index contributed by atoms with van der Waals surface area (Å²) in [6.07, 6.45) is 7.15. The maximum absolute atomic E-state index is 14.5. The highest BCUT2D eigenvalue weighted by molar-refractivity contribution is 6.31. The first-order chi connectivity index (χ1) is 39.5. The van der Waals surface area contributed by atoms with Crippen LogP contribution in [0.1, 0.15) is 103 Å². The monoisotopic (exact) mass is 1150 g/mol. The average molecular weight is 1160 g/mol. The summed E-state index contributed by atoms with van der Waals surface area (Å²) in [5, 5.41) is 0.593. The van der Waals surface area contributed by atoms with Crippen LogP contribution in [0.5, 0.6) is 11.5 Å². The second-order valence-electron chi connectivity index (χ2n) is 21.2. The Morgan fingerprint density at radius 2 is 0.915 bits per heavy atom. The second-order valence-corrected chi connectivity index (χ2v) is 22.1. The fourth-order valence-electron chi connectivity index (χ4n) is 9.82. The van der Waals surface area contributed by atoms with Gasteiger partial charge in [0.25, 0.3) is 0 Å². The Bertz CT molecular complexity index is 3030. The number of hydrogen-bond acceptors (Lipinski definition) is 13. The summed E-state index contributed by atoms with van der Waals surface area (Å²) in [4.78, 5) is 75.0. The van der Waals surface area contributed by atoms with Crippen molar-refractivity contribution in [2.45, 2.75) is 66.8 Å². The summed E-state index contributed by atoms with van der Waals surface area (Å²) in [5.74, 6) is -1.01. The number of ether oxygens (including phenoxy) is 6. The molecule has 8 rings (SSSR count). The fourth-order valence-corrected chi connectivity index (χ4v) is 10.2. The zero-order chi connectivity index (χ0) is 58.3. The first kappa shape index (κ1) is 61.0. The molecule has 0 amide bonds. The summed E-state index contributed by atoms with van der Waals surface area (Å²) in [6.45, 7) is 20.5. The maximum atomic E-state index is 14.5. The van der Waals surface area contributed by atoms with E-state index >= 15 is 0 Å². The molecule has 2 unspecified atom stereocenters. The lowest BCUT2D eigenvalue weighted by molar-refractivity contribution is -0.0139. The van der Waals surface area contributed by atoms with E-state index in [4.69, 9.17) is 51.6 Å². The van der Waals surface area contributed by atoms with Crippen molar-refractivity contribution < 1.29 is 52.4 Å². The van der Waals surface area contributed by atoms with E-state index in [2.05, 4.69) is 9.80 Å². The highest BCUT2D eigenvalue weighted by atomic mass is 35.5. The first-order valence-electron chi connectivity index (χ1n) is 27.9. The lowest BCUT2D eigenvalue weighted by Crippen LogP contribution is -2.38. The van der Waals surface area contributed by atoms with Gasteiger partial charge in [0.2, 0.25) is 23.1 Å². The van der Waals surface area contributed by atoms with Crippen LogP contribution < -0.4 is 9.47 Å². The molecule has 0 N–H and O–H groups in total. The normalized spacial score (nSPS) is 15.0. The van der Waals surface area contributed by atoms with Crippen molar-refractivity contribution in [2.24, 2.45) is 11.8 Å². The van der Waals surface area contributed by atoms with E-state index in [-0.39, 0.29) is 22.7 Å². The van der Waals surface area contributed by atoms with Gasteiger partial charge in [0.15, 0.2) is 12.2 Å². The lowest BCUT2D eigenvalue weighted by atomic mass is 9.94. The molecule has 17 heteroatoms. The molecule has 432 valence electrons. The van der Waals surface area contributed by atoms with E-state index in [1.165, 1.54) is 12.1 Å². The van der Waals surface area contributed by atoms with Gasteiger partial charge in [0, 0.05) is 97.1 Å². The molecule has 2 fully saturated rings. The average Bonchev–Trinajstić information content (AvgIpc) is 4.05. The van der Waals surface area contributed by atoms with E-state index in [9.17, 15) is 24.0 Å². The van der Waals surface area contributed by atoms with Crippen LogP contribution in [-0.2, 0) is 32.0 Å². The Kier molecular flexibility index (Phi) is 21.7. The quantitative estimate of drug-likeness (QED) is 0.0374. The van der Waals surface area contributed by atoms with Gasteiger partial charge in [-0.3, -0.25) is 29.0 Å². The summed E-state index contributed by atoms with van der Waals surface area (Å²) < 4.78 is 38.1. The van der Waals surface area contributed by atoms with E-state index in [0.717, 1.165) is 76.8 Å². The minimum absolute atomic E-state index is 0.150. The molecular formula is C65H72Cl2N4O11. The number of benzene rings is 4. The van der Waals surface area contributed by atoms with Gasteiger partial charge in [-0.2, -0.15) is 0 Å². The van der Waals surface area contributed by atoms with Gasteiger partial charge in [-0.1, -0.05) is 87.3 Å². The van der Waals surface area contributed by atoms with Crippen LogP contribution >= 0.6 is 23.2 Å². The molecule has 2 aromatic heterocycles. The molecule has 0 aliphatic carbocycles. The molecule has 2 saturated heterocycles. The third-order valence-electron chi connectivity index (χ3n) is 14.3. The SMILES string of the molecule is Cc1cc(C(=O)c2ccc(OCCN3CCOCC3)cc2)n(C/C=C/c2ccc(Cl)cc2C(=O)C(OC(=O)OC(C(=O)c2cc(Cl)ccc2/C=C/Cn2cc(C)cc2C(=O)c2ccc(OCCN3CCOCC3)cc2)C(C)C)C(C)C)c1. The van der Waals surface area contributed by atoms with Crippen molar-refractivity contribution in [3.63, 3.8) is 0 Å². The number of ketones is 4. The van der Waals surface area contributed by atoms with Crippen molar-refractivity contribution in [1.29, 1.82) is 0 Å². The number of halogens is 2. The van der Waals surface area contributed by atoms with Gasteiger partial charge in [-0.05, 0) is 133 Å².